The highest BCUT2D eigenvalue weighted by molar-refractivity contribution is 7.90. The number of aryl methyl sites for hydroxylation is 1. The summed E-state index contributed by atoms with van der Waals surface area (Å²) in [6, 6.07) is 14.4. The van der Waals surface area contributed by atoms with Crippen LogP contribution in [0.3, 0.4) is 0 Å². The second kappa shape index (κ2) is 8.45. The summed E-state index contributed by atoms with van der Waals surface area (Å²) in [7, 11) is -3.60. The maximum absolute atomic E-state index is 12.9. The first-order valence-electron chi connectivity index (χ1n) is 9.44. The second-order valence-electron chi connectivity index (χ2n) is 6.82. The minimum Gasteiger partial charge on any atom is -0.241 e. The van der Waals surface area contributed by atoms with Crippen LogP contribution in [0.15, 0.2) is 59.6 Å². The standard InChI is InChI=1S/C23H25NO2S/c1-3-4-5-6-7-8-9-20-12-15-23-21(18-20)16-17-24(23)27(25,26)22-13-10-19(2)11-14-22/h10-18H,3-7H2,1-2H3. The summed E-state index contributed by atoms with van der Waals surface area (Å²) < 4.78 is 27.2. The molecule has 0 aliphatic rings. The van der Waals surface area contributed by atoms with Gasteiger partial charge >= 0.3 is 0 Å². The van der Waals surface area contributed by atoms with E-state index in [0.29, 0.717) is 10.4 Å². The Morgan fingerprint density at radius 3 is 2.48 bits per heavy atom. The van der Waals surface area contributed by atoms with Crippen LogP contribution in [0.1, 0.15) is 50.2 Å². The van der Waals surface area contributed by atoms with Crippen LogP contribution >= 0.6 is 0 Å². The second-order valence-corrected chi connectivity index (χ2v) is 8.63. The maximum atomic E-state index is 12.9. The van der Waals surface area contributed by atoms with Gasteiger partial charge in [-0.05, 0) is 49.7 Å². The molecule has 3 nitrogen and oxygen atoms in total. The van der Waals surface area contributed by atoms with E-state index in [9.17, 15) is 8.42 Å². The molecule has 0 N–H and O–H groups in total. The molecule has 0 bridgehead atoms. The Labute approximate surface area is 162 Å². The Bertz CT molecular complexity index is 1080. The quantitative estimate of drug-likeness (QED) is 0.418. The van der Waals surface area contributed by atoms with Gasteiger partial charge < -0.3 is 0 Å². The molecule has 0 saturated carbocycles. The Morgan fingerprint density at radius 1 is 0.963 bits per heavy atom. The van der Waals surface area contributed by atoms with Gasteiger partial charge in [-0.3, -0.25) is 0 Å². The molecule has 0 spiro atoms. The molecule has 0 atom stereocenters. The van der Waals surface area contributed by atoms with Gasteiger partial charge in [-0.15, -0.1) is 0 Å². The third kappa shape index (κ3) is 4.43. The Balaban J connectivity index is 1.84. The van der Waals surface area contributed by atoms with Gasteiger partial charge in [0.1, 0.15) is 0 Å². The fraction of sp³-hybridized carbons (Fsp3) is 0.304. The van der Waals surface area contributed by atoms with Crippen LogP contribution in [-0.4, -0.2) is 12.4 Å². The summed E-state index contributed by atoms with van der Waals surface area (Å²) >= 11 is 0. The highest BCUT2D eigenvalue weighted by atomic mass is 32.2. The number of rotatable bonds is 6. The predicted octanol–water partition coefficient (Wildman–Crippen LogP) is 5.51. The third-order valence-electron chi connectivity index (χ3n) is 4.62. The molecular weight excluding hydrogens is 354 g/mol. The molecule has 0 saturated heterocycles. The molecule has 0 fully saturated rings. The van der Waals surface area contributed by atoms with Crippen LogP contribution in [-0.2, 0) is 10.0 Å². The fourth-order valence-electron chi connectivity index (χ4n) is 3.03. The molecule has 0 unspecified atom stereocenters. The van der Waals surface area contributed by atoms with Crippen LogP contribution < -0.4 is 0 Å². The number of hydrogen-bond donors (Lipinski definition) is 0. The molecule has 4 heteroatoms. The van der Waals surface area contributed by atoms with Crippen molar-refractivity contribution in [3.63, 3.8) is 0 Å². The number of fused-ring (bicyclic) bond motifs is 1. The molecule has 0 aliphatic carbocycles. The van der Waals surface area contributed by atoms with Gasteiger partial charge in [0, 0.05) is 23.6 Å². The summed E-state index contributed by atoms with van der Waals surface area (Å²) in [5, 5.41) is 0.878. The lowest BCUT2D eigenvalue weighted by Gasteiger charge is -2.08. The van der Waals surface area contributed by atoms with Crippen molar-refractivity contribution >= 4 is 20.9 Å². The zero-order chi connectivity index (χ0) is 19.3. The molecule has 0 amide bonds. The van der Waals surface area contributed by atoms with Gasteiger partial charge in [-0.25, -0.2) is 12.4 Å². The monoisotopic (exact) mass is 379 g/mol. The predicted molar refractivity (Wildman–Crippen MR) is 111 cm³/mol. The molecule has 0 aliphatic heterocycles. The lowest BCUT2D eigenvalue weighted by molar-refractivity contribution is 0.589. The highest BCUT2D eigenvalue weighted by Gasteiger charge is 2.18. The lowest BCUT2D eigenvalue weighted by atomic mass is 10.1. The van der Waals surface area contributed by atoms with E-state index in [0.717, 1.165) is 29.4 Å². The van der Waals surface area contributed by atoms with Gasteiger partial charge in [0.25, 0.3) is 10.0 Å². The lowest BCUT2D eigenvalue weighted by Crippen LogP contribution is -2.11. The Hall–Kier alpha value is -2.51. The van der Waals surface area contributed by atoms with Crippen molar-refractivity contribution < 1.29 is 8.42 Å². The molecule has 140 valence electrons. The molecular formula is C23H25NO2S. The minimum atomic E-state index is -3.60. The first-order valence-corrected chi connectivity index (χ1v) is 10.9. The van der Waals surface area contributed by atoms with E-state index in [-0.39, 0.29) is 0 Å². The average molecular weight is 380 g/mol. The minimum absolute atomic E-state index is 0.293. The maximum Gasteiger partial charge on any atom is 0.268 e. The first kappa shape index (κ1) is 19.3. The zero-order valence-electron chi connectivity index (χ0n) is 15.9. The van der Waals surface area contributed by atoms with Crippen molar-refractivity contribution in [3.8, 4) is 11.8 Å². The van der Waals surface area contributed by atoms with Crippen molar-refractivity contribution in [1.29, 1.82) is 0 Å². The molecule has 1 aromatic heterocycles. The summed E-state index contributed by atoms with van der Waals surface area (Å²) in [4.78, 5) is 0.293. The van der Waals surface area contributed by atoms with Crippen molar-refractivity contribution in [2.24, 2.45) is 0 Å². The Kier molecular flexibility index (Phi) is 6.03. The smallest absolute Gasteiger partial charge is 0.241 e. The number of nitrogens with zero attached hydrogens (tertiary/aromatic N) is 1. The van der Waals surface area contributed by atoms with Crippen LogP contribution in [0.25, 0.3) is 10.9 Å². The van der Waals surface area contributed by atoms with Crippen molar-refractivity contribution in [1.82, 2.24) is 3.97 Å². The van der Waals surface area contributed by atoms with Gasteiger partial charge in [0.05, 0.1) is 10.4 Å². The van der Waals surface area contributed by atoms with Crippen molar-refractivity contribution in [2.45, 2.75) is 50.8 Å². The molecule has 27 heavy (non-hydrogen) atoms. The molecule has 3 aromatic rings. The van der Waals surface area contributed by atoms with Gasteiger partial charge in [0.2, 0.25) is 0 Å². The van der Waals surface area contributed by atoms with E-state index in [1.807, 2.05) is 43.3 Å². The van der Waals surface area contributed by atoms with Crippen molar-refractivity contribution in [3.05, 3.63) is 65.9 Å². The fourth-order valence-corrected chi connectivity index (χ4v) is 4.39. The van der Waals surface area contributed by atoms with Crippen LogP contribution in [0.5, 0.6) is 0 Å². The van der Waals surface area contributed by atoms with Crippen LogP contribution in [0.2, 0.25) is 0 Å². The number of unbranched alkanes of at least 4 members (excludes halogenated alkanes) is 4. The van der Waals surface area contributed by atoms with Crippen LogP contribution in [0.4, 0.5) is 0 Å². The average Bonchev–Trinajstić information content (AvgIpc) is 3.09. The van der Waals surface area contributed by atoms with E-state index < -0.39 is 10.0 Å². The van der Waals surface area contributed by atoms with E-state index >= 15 is 0 Å². The van der Waals surface area contributed by atoms with Crippen molar-refractivity contribution in [2.75, 3.05) is 0 Å². The van der Waals surface area contributed by atoms with E-state index in [1.54, 1.807) is 18.3 Å². The Morgan fingerprint density at radius 2 is 1.74 bits per heavy atom. The summed E-state index contributed by atoms with van der Waals surface area (Å²) in [5.41, 5.74) is 2.62. The van der Waals surface area contributed by atoms with E-state index in [4.69, 9.17) is 0 Å². The third-order valence-corrected chi connectivity index (χ3v) is 6.32. The molecule has 2 aromatic carbocycles. The summed E-state index contributed by atoms with van der Waals surface area (Å²) in [6.07, 6.45) is 7.37. The number of aromatic nitrogens is 1. The van der Waals surface area contributed by atoms with E-state index in [1.165, 1.54) is 23.2 Å². The zero-order valence-corrected chi connectivity index (χ0v) is 16.7. The number of hydrogen-bond acceptors (Lipinski definition) is 2. The largest absolute Gasteiger partial charge is 0.268 e. The summed E-state index contributed by atoms with van der Waals surface area (Å²) in [5.74, 6) is 6.41. The highest BCUT2D eigenvalue weighted by Crippen LogP contribution is 2.23. The normalized spacial score (nSPS) is 11.3. The first-order chi connectivity index (χ1) is 13.0. The molecule has 0 radical (unpaired) electrons. The summed E-state index contributed by atoms with van der Waals surface area (Å²) in [6.45, 7) is 4.14. The molecule has 1 heterocycles. The van der Waals surface area contributed by atoms with Gasteiger partial charge in [-0.2, -0.15) is 0 Å². The van der Waals surface area contributed by atoms with Gasteiger partial charge in [-0.1, -0.05) is 55.7 Å². The number of benzene rings is 2. The topological polar surface area (TPSA) is 39.1 Å². The van der Waals surface area contributed by atoms with Gasteiger partial charge in [0.15, 0.2) is 0 Å². The van der Waals surface area contributed by atoms with E-state index in [2.05, 4.69) is 18.8 Å². The van der Waals surface area contributed by atoms with Crippen LogP contribution in [0, 0.1) is 18.8 Å². The molecule has 3 rings (SSSR count). The SMILES string of the molecule is CCCCCCC#Cc1ccc2c(ccn2S(=O)(=O)c2ccc(C)cc2)c1.